The van der Waals surface area contributed by atoms with Gasteiger partial charge in [-0.2, -0.15) is 0 Å². The quantitative estimate of drug-likeness (QED) is 0.0981. The van der Waals surface area contributed by atoms with E-state index in [1.165, 1.54) is 43.1 Å². The van der Waals surface area contributed by atoms with Gasteiger partial charge in [0.2, 0.25) is 0 Å². The summed E-state index contributed by atoms with van der Waals surface area (Å²) >= 11 is 0. The van der Waals surface area contributed by atoms with Crippen LogP contribution < -0.4 is 0 Å². The maximum Gasteiger partial charge on any atom is 0.164 e. The van der Waals surface area contributed by atoms with Crippen LogP contribution >= 0.6 is 0 Å². The summed E-state index contributed by atoms with van der Waals surface area (Å²) in [4.78, 5) is 45.7. The monoisotopic (exact) mass is 1450 g/mol. The highest BCUT2D eigenvalue weighted by Gasteiger charge is 2.24. The van der Waals surface area contributed by atoms with Crippen LogP contribution in [-0.2, 0) is 0 Å². The lowest BCUT2D eigenvalue weighted by Crippen LogP contribution is -2.00. The molecule has 9 nitrogen and oxygen atoms in total. The fourth-order valence-corrected chi connectivity index (χ4v) is 16.3. The molecule has 0 bridgehead atoms. The number of benzene rings is 18. The van der Waals surface area contributed by atoms with Gasteiger partial charge >= 0.3 is 0 Å². The SMILES string of the molecule is c1ccc(-c2nc(-c3ccccc3)nc(-c3ccc(-c4c(-c5ccc6c7ccc(-c8ccc9c(-c%10ccc(-c%11nc(-c%12ccccc%12)nc(-c%12ccccc%12)n%11)cc%10)c(-c%10ccc(-c%11nc(-c%12ccccc%12)nc(-c%12ccccc%12)n%11)cc%10)c%10ccccc%10c9c8)cc7c7ccccc7c6c5)ccc5ccccc45)cc3)n2)cc1. The minimum Gasteiger partial charge on any atom is -0.208 e. The Hall–Kier alpha value is -15.5. The highest BCUT2D eigenvalue weighted by Crippen LogP contribution is 2.49. The molecule has 21 aromatic rings. The molecule has 0 unspecified atom stereocenters. The fraction of sp³-hybridized carbons (Fsp3) is 0. The number of rotatable bonds is 14. The normalized spacial score (nSPS) is 11.5. The lowest BCUT2D eigenvalue weighted by atomic mass is 9.83. The molecule has 0 saturated carbocycles. The van der Waals surface area contributed by atoms with Crippen molar-refractivity contribution in [2.45, 2.75) is 0 Å². The molecule has 0 spiro atoms. The van der Waals surface area contributed by atoms with E-state index in [-0.39, 0.29) is 0 Å². The molecule has 114 heavy (non-hydrogen) atoms. The molecule has 530 valence electrons. The van der Waals surface area contributed by atoms with Crippen molar-refractivity contribution in [3.05, 3.63) is 394 Å². The number of hydrogen-bond donors (Lipinski definition) is 0. The van der Waals surface area contributed by atoms with E-state index in [9.17, 15) is 0 Å². The van der Waals surface area contributed by atoms with Crippen LogP contribution in [-0.4, -0.2) is 44.9 Å². The maximum absolute atomic E-state index is 5.14. The molecule has 0 aliphatic carbocycles. The average Bonchev–Trinajstić information content (AvgIpc) is 0.728. The molecule has 21 rings (SSSR count). The summed E-state index contributed by atoms with van der Waals surface area (Å²) in [5, 5.41) is 14.0. The zero-order valence-electron chi connectivity index (χ0n) is 61.6. The van der Waals surface area contributed by atoms with Gasteiger partial charge in [-0.25, -0.2) is 44.9 Å². The van der Waals surface area contributed by atoms with Crippen LogP contribution in [0.1, 0.15) is 0 Å². The van der Waals surface area contributed by atoms with Crippen molar-refractivity contribution in [3.8, 4) is 158 Å². The Morgan fingerprint density at radius 1 is 0.114 bits per heavy atom. The van der Waals surface area contributed by atoms with Crippen LogP contribution in [0.5, 0.6) is 0 Å². The highest BCUT2D eigenvalue weighted by atomic mass is 15.1. The van der Waals surface area contributed by atoms with Gasteiger partial charge in [-0.1, -0.05) is 376 Å². The van der Waals surface area contributed by atoms with E-state index in [0.29, 0.717) is 52.4 Å². The standard InChI is InChI=1S/C105H65N9/c1-7-26-70(27-8-1)97-106-98(71-28-9-2-10-29-71)110-103(109-97)76-49-43-67(44-50-76)94-82-38-20-19-25-66(82)55-59-83(94)81-58-61-88-87-60-56-79(63-91(87)84-39-21-22-40-85(84)92(88)65-81)80-57-62-90-93(64-80)86-41-23-24-42-89(86)95(68-45-51-77(52-46-68)104-111-99(72-30-11-3-12-31-72)107-100(112-104)73-32-13-4-14-33-73)96(90)69-47-53-78(54-48-69)105-113-101(74-34-15-5-16-35-74)108-102(114-105)75-36-17-6-18-37-75/h1-65H. The molecule has 0 fully saturated rings. The number of nitrogens with zero attached hydrogens (tertiary/aromatic N) is 9. The largest absolute Gasteiger partial charge is 0.208 e. The van der Waals surface area contributed by atoms with Crippen LogP contribution in [0, 0.1) is 0 Å². The molecule has 3 aromatic heterocycles. The Morgan fingerprint density at radius 2 is 0.325 bits per heavy atom. The lowest BCUT2D eigenvalue weighted by Gasteiger charge is -2.20. The molecule has 3 heterocycles. The van der Waals surface area contributed by atoms with Crippen molar-refractivity contribution in [2.24, 2.45) is 0 Å². The van der Waals surface area contributed by atoms with Gasteiger partial charge in [0.05, 0.1) is 0 Å². The minimum atomic E-state index is 0.590. The van der Waals surface area contributed by atoms with E-state index in [0.717, 1.165) is 127 Å². The zero-order chi connectivity index (χ0) is 75.4. The van der Waals surface area contributed by atoms with E-state index in [1.807, 2.05) is 182 Å². The van der Waals surface area contributed by atoms with Crippen molar-refractivity contribution in [1.29, 1.82) is 0 Å². The number of hydrogen-bond acceptors (Lipinski definition) is 9. The molecule has 0 atom stereocenters. The fourth-order valence-electron chi connectivity index (χ4n) is 16.3. The molecule has 0 aliphatic heterocycles. The first-order valence-electron chi connectivity index (χ1n) is 38.3. The van der Waals surface area contributed by atoms with Gasteiger partial charge in [0.25, 0.3) is 0 Å². The van der Waals surface area contributed by atoms with Crippen LogP contribution in [0.4, 0.5) is 0 Å². The van der Waals surface area contributed by atoms with Gasteiger partial charge < -0.3 is 0 Å². The van der Waals surface area contributed by atoms with Crippen molar-refractivity contribution in [1.82, 2.24) is 44.9 Å². The van der Waals surface area contributed by atoms with Crippen molar-refractivity contribution >= 4 is 64.6 Å². The summed E-state index contributed by atoms with van der Waals surface area (Å²) in [6.45, 7) is 0. The molecule has 0 N–H and O–H groups in total. The Labute approximate surface area is 657 Å². The van der Waals surface area contributed by atoms with Crippen molar-refractivity contribution < 1.29 is 0 Å². The average molecular weight is 1450 g/mol. The summed E-state index contributed by atoms with van der Waals surface area (Å²) in [6.07, 6.45) is 0. The molecule has 0 amide bonds. The van der Waals surface area contributed by atoms with Crippen LogP contribution in [0.2, 0.25) is 0 Å². The predicted octanol–water partition coefficient (Wildman–Crippen LogP) is 26.5. The first-order valence-corrected chi connectivity index (χ1v) is 38.3. The third kappa shape index (κ3) is 12.3. The second-order valence-corrected chi connectivity index (χ2v) is 28.7. The summed E-state index contributed by atoms with van der Waals surface area (Å²) < 4.78 is 0. The van der Waals surface area contributed by atoms with Gasteiger partial charge in [-0.05, 0) is 138 Å². The maximum atomic E-state index is 5.14. The summed E-state index contributed by atoms with van der Waals surface area (Å²) in [5.74, 6) is 5.50. The first-order chi connectivity index (χ1) is 56.5. The summed E-state index contributed by atoms with van der Waals surface area (Å²) in [5.41, 5.74) is 19.3. The predicted molar refractivity (Wildman–Crippen MR) is 468 cm³/mol. The van der Waals surface area contributed by atoms with Gasteiger partial charge in [0, 0.05) is 50.1 Å². The van der Waals surface area contributed by atoms with Crippen molar-refractivity contribution in [3.63, 3.8) is 0 Å². The molecule has 0 radical (unpaired) electrons. The van der Waals surface area contributed by atoms with Crippen molar-refractivity contribution in [2.75, 3.05) is 0 Å². The zero-order valence-corrected chi connectivity index (χ0v) is 61.6. The topological polar surface area (TPSA) is 116 Å². The molecular formula is C105H65N9. The van der Waals surface area contributed by atoms with Gasteiger partial charge in [-0.15, -0.1) is 0 Å². The second kappa shape index (κ2) is 28.5. The second-order valence-electron chi connectivity index (χ2n) is 28.7. The molecule has 0 aliphatic rings. The van der Waals surface area contributed by atoms with E-state index in [2.05, 4.69) is 212 Å². The van der Waals surface area contributed by atoms with E-state index in [4.69, 9.17) is 44.9 Å². The molecule has 0 saturated heterocycles. The Bertz CT molecular complexity index is 7080. The third-order valence-corrected chi connectivity index (χ3v) is 21.8. The van der Waals surface area contributed by atoms with E-state index < -0.39 is 0 Å². The third-order valence-electron chi connectivity index (χ3n) is 21.8. The molecule has 9 heteroatoms. The van der Waals surface area contributed by atoms with E-state index in [1.54, 1.807) is 0 Å². The molecular weight excluding hydrogens is 1390 g/mol. The number of fused-ring (bicyclic) bond motifs is 10. The highest BCUT2D eigenvalue weighted by molar-refractivity contribution is 6.27. The van der Waals surface area contributed by atoms with Gasteiger partial charge in [-0.3, -0.25) is 0 Å². The Morgan fingerprint density at radius 3 is 0.667 bits per heavy atom. The van der Waals surface area contributed by atoms with E-state index >= 15 is 0 Å². The van der Waals surface area contributed by atoms with Crippen LogP contribution in [0.3, 0.4) is 0 Å². The minimum absolute atomic E-state index is 0.590. The lowest BCUT2D eigenvalue weighted by molar-refractivity contribution is 1.07. The van der Waals surface area contributed by atoms with Gasteiger partial charge in [0.15, 0.2) is 52.4 Å². The first kappa shape index (κ1) is 66.7. The summed E-state index contributed by atoms with van der Waals surface area (Å²) in [7, 11) is 0. The van der Waals surface area contributed by atoms with Gasteiger partial charge in [0.1, 0.15) is 0 Å². The van der Waals surface area contributed by atoms with Crippen LogP contribution in [0.15, 0.2) is 394 Å². The van der Waals surface area contributed by atoms with Crippen LogP contribution in [0.25, 0.3) is 223 Å². The Balaban J connectivity index is 0.682. The molecule has 18 aromatic carbocycles. The Kier molecular flexibility index (Phi) is 16.7. The summed E-state index contributed by atoms with van der Waals surface area (Å²) in [6, 6.07) is 139. The smallest absolute Gasteiger partial charge is 0.164 e. The number of aromatic nitrogens is 9.